The fourth-order valence-corrected chi connectivity index (χ4v) is 3.59. The minimum absolute atomic E-state index is 0.145. The lowest BCUT2D eigenvalue weighted by Gasteiger charge is -2.27. The van der Waals surface area contributed by atoms with Gasteiger partial charge in [-0.05, 0) is 59.9 Å². The van der Waals surface area contributed by atoms with E-state index in [1.54, 1.807) is 18.5 Å². The normalized spacial score (nSPS) is 11.3. The second-order valence-electron chi connectivity index (χ2n) is 8.61. The number of benzene rings is 2. The molecule has 0 aliphatic rings. The number of aromatic amines is 1. The molecule has 0 spiro atoms. The summed E-state index contributed by atoms with van der Waals surface area (Å²) < 4.78 is 5.82. The number of nitrogens with one attached hydrogen (secondary N) is 1. The Kier molecular flexibility index (Phi) is 6.21. The molecule has 0 bridgehead atoms. The van der Waals surface area contributed by atoms with Gasteiger partial charge in [-0.25, -0.2) is 0 Å². The van der Waals surface area contributed by atoms with Gasteiger partial charge in [-0.15, -0.1) is 0 Å². The van der Waals surface area contributed by atoms with Crippen molar-refractivity contribution in [2.24, 2.45) is 5.92 Å². The molecule has 164 valence electrons. The van der Waals surface area contributed by atoms with Crippen molar-refractivity contribution in [1.82, 2.24) is 15.0 Å². The van der Waals surface area contributed by atoms with E-state index in [-0.39, 0.29) is 11.6 Å². The molecule has 6 nitrogen and oxygen atoms in total. The number of H-pyrrole nitrogens is 1. The van der Waals surface area contributed by atoms with Gasteiger partial charge in [-0.3, -0.25) is 14.8 Å². The highest BCUT2D eigenvalue weighted by Gasteiger charge is 2.13. The van der Waals surface area contributed by atoms with Crippen molar-refractivity contribution in [2.75, 3.05) is 11.4 Å². The van der Waals surface area contributed by atoms with E-state index in [0.717, 1.165) is 17.9 Å². The molecule has 0 unspecified atom stereocenters. The highest BCUT2D eigenvalue weighted by Crippen LogP contribution is 2.30. The van der Waals surface area contributed by atoms with Crippen LogP contribution in [0.3, 0.4) is 0 Å². The first kappa shape index (κ1) is 21.6. The predicted octanol–water partition coefficient (Wildman–Crippen LogP) is 6.03. The summed E-state index contributed by atoms with van der Waals surface area (Å²) in [4.78, 5) is 25.6. The topological polar surface area (TPSA) is 71.1 Å². The fourth-order valence-electron chi connectivity index (χ4n) is 3.59. The molecule has 0 saturated heterocycles. The summed E-state index contributed by atoms with van der Waals surface area (Å²) in [6, 6.07) is 18.4. The third-order valence-electron chi connectivity index (χ3n) is 5.27. The van der Waals surface area contributed by atoms with E-state index in [9.17, 15) is 4.79 Å². The zero-order valence-corrected chi connectivity index (χ0v) is 18.9. The number of nitrogens with zero attached hydrogens (tertiary/aromatic N) is 3. The Morgan fingerprint density at radius 1 is 0.938 bits per heavy atom. The minimum Gasteiger partial charge on any atom is -0.426 e. The maximum atomic E-state index is 12.2. The molecule has 0 amide bonds. The molecule has 0 radical (unpaired) electrons. The van der Waals surface area contributed by atoms with Gasteiger partial charge < -0.3 is 9.64 Å². The molecule has 2 aromatic carbocycles. The van der Waals surface area contributed by atoms with Crippen LogP contribution in [0.2, 0.25) is 0 Å². The van der Waals surface area contributed by atoms with Gasteiger partial charge in [-0.2, -0.15) is 4.98 Å². The molecule has 4 aromatic rings. The van der Waals surface area contributed by atoms with Gasteiger partial charge in [0.1, 0.15) is 5.75 Å². The summed E-state index contributed by atoms with van der Waals surface area (Å²) in [6.45, 7) is 9.72. The van der Waals surface area contributed by atoms with Crippen molar-refractivity contribution in [3.05, 3.63) is 82.9 Å². The van der Waals surface area contributed by atoms with E-state index < -0.39 is 0 Å². The van der Waals surface area contributed by atoms with Crippen LogP contribution in [-0.2, 0) is 0 Å². The molecule has 4 rings (SSSR count). The van der Waals surface area contributed by atoms with Crippen molar-refractivity contribution in [2.45, 2.75) is 33.6 Å². The monoisotopic (exact) mass is 428 g/mol. The number of aromatic nitrogens is 3. The zero-order valence-electron chi connectivity index (χ0n) is 18.9. The molecule has 0 saturated carbocycles. The lowest BCUT2D eigenvalue weighted by molar-refractivity contribution is 0.442. The van der Waals surface area contributed by atoms with Crippen LogP contribution in [-0.4, -0.2) is 21.5 Å². The van der Waals surface area contributed by atoms with Gasteiger partial charge in [0.25, 0.3) is 5.56 Å². The zero-order chi connectivity index (χ0) is 22.7. The molecule has 0 aliphatic heterocycles. The summed E-state index contributed by atoms with van der Waals surface area (Å²) in [5.74, 6) is 1.60. The largest absolute Gasteiger partial charge is 0.426 e. The van der Waals surface area contributed by atoms with E-state index in [4.69, 9.17) is 4.74 Å². The highest BCUT2D eigenvalue weighted by atomic mass is 16.5. The van der Waals surface area contributed by atoms with Crippen LogP contribution in [0.4, 0.5) is 11.4 Å². The maximum Gasteiger partial charge on any atom is 0.302 e. The number of hydrogen-bond acceptors (Lipinski definition) is 5. The molecular formula is C26H28N4O2. The van der Waals surface area contributed by atoms with Gasteiger partial charge in [0, 0.05) is 24.1 Å². The molecule has 6 heteroatoms. The van der Waals surface area contributed by atoms with Crippen molar-refractivity contribution < 1.29 is 4.74 Å². The molecule has 0 fully saturated rings. The van der Waals surface area contributed by atoms with E-state index >= 15 is 0 Å². The van der Waals surface area contributed by atoms with E-state index in [0.29, 0.717) is 28.5 Å². The van der Waals surface area contributed by atoms with E-state index in [2.05, 4.69) is 71.8 Å². The van der Waals surface area contributed by atoms with Crippen molar-refractivity contribution >= 4 is 22.3 Å². The average molecular weight is 429 g/mol. The third kappa shape index (κ3) is 4.80. The Morgan fingerprint density at radius 3 is 2.22 bits per heavy atom. The number of hydrogen-bond donors (Lipinski definition) is 1. The van der Waals surface area contributed by atoms with Crippen LogP contribution in [0, 0.1) is 5.92 Å². The van der Waals surface area contributed by atoms with Gasteiger partial charge in [-0.1, -0.05) is 39.8 Å². The summed E-state index contributed by atoms with van der Waals surface area (Å²) in [7, 11) is 0. The number of ether oxygens (including phenoxy) is 1. The van der Waals surface area contributed by atoms with Gasteiger partial charge >= 0.3 is 6.01 Å². The van der Waals surface area contributed by atoms with Crippen LogP contribution in [0.1, 0.15) is 39.2 Å². The number of fused-ring (bicyclic) bond motifs is 1. The van der Waals surface area contributed by atoms with Crippen molar-refractivity contribution in [1.29, 1.82) is 0 Å². The van der Waals surface area contributed by atoms with Crippen LogP contribution in [0.15, 0.2) is 71.8 Å². The van der Waals surface area contributed by atoms with Crippen LogP contribution in [0.5, 0.6) is 11.8 Å². The average Bonchev–Trinajstić information content (AvgIpc) is 2.78. The molecule has 0 aliphatic carbocycles. The van der Waals surface area contributed by atoms with Gasteiger partial charge in [0.15, 0.2) is 0 Å². The maximum absolute atomic E-state index is 12.2. The van der Waals surface area contributed by atoms with Crippen molar-refractivity contribution in [3.8, 4) is 11.8 Å². The Morgan fingerprint density at radius 2 is 1.59 bits per heavy atom. The number of anilines is 2. The summed E-state index contributed by atoms with van der Waals surface area (Å²) in [5, 5.41) is 0.482. The standard InChI is InChI=1S/C26H28N4O2/c1-17(2)16-30(20-7-5-19(6-8-20)18(3)4)21-9-11-22(12-10-21)32-26-28-24-15-27-14-13-23(24)25(31)29-26/h5-15,17-18H,16H2,1-4H3,(H,28,29,31). The van der Waals surface area contributed by atoms with Crippen molar-refractivity contribution in [3.63, 3.8) is 0 Å². The summed E-state index contributed by atoms with van der Waals surface area (Å²) >= 11 is 0. The summed E-state index contributed by atoms with van der Waals surface area (Å²) in [5.41, 5.74) is 3.80. The first-order valence-electron chi connectivity index (χ1n) is 10.9. The first-order chi connectivity index (χ1) is 15.4. The summed E-state index contributed by atoms with van der Waals surface area (Å²) in [6.07, 6.45) is 3.12. The van der Waals surface area contributed by atoms with Gasteiger partial charge in [0.05, 0.1) is 17.1 Å². The van der Waals surface area contributed by atoms with Gasteiger partial charge in [0.2, 0.25) is 0 Å². The molecule has 0 atom stereocenters. The smallest absolute Gasteiger partial charge is 0.302 e. The molecule has 2 heterocycles. The second-order valence-corrected chi connectivity index (χ2v) is 8.61. The molecule has 32 heavy (non-hydrogen) atoms. The van der Waals surface area contributed by atoms with E-state index in [1.165, 1.54) is 5.56 Å². The Labute approximate surface area is 187 Å². The fraction of sp³-hybridized carbons (Fsp3) is 0.269. The Hall–Kier alpha value is -3.67. The number of pyridine rings is 1. The Balaban J connectivity index is 1.58. The lowest BCUT2D eigenvalue weighted by Crippen LogP contribution is -2.22. The van der Waals surface area contributed by atoms with Crippen LogP contribution in [0.25, 0.3) is 10.9 Å². The van der Waals surface area contributed by atoms with Crippen LogP contribution < -0.4 is 15.2 Å². The number of rotatable bonds is 7. The predicted molar refractivity (Wildman–Crippen MR) is 129 cm³/mol. The lowest BCUT2D eigenvalue weighted by atomic mass is 10.0. The van der Waals surface area contributed by atoms with Crippen LogP contribution >= 0.6 is 0 Å². The Bertz CT molecular complexity index is 1250. The minimum atomic E-state index is -0.253. The molecule has 2 aromatic heterocycles. The third-order valence-corrected chi connectivity index (χ3v) is 5.27. The quantitative estimate of drug-likeness (QED) is 0.389. The van der Waals surface area contributed by atoms with E-state index in [1.807, 2.05) is 24.3 Å². The first-order valence-corrected chi connectivity index (χ1v) is 10.9. The SMILES string of the molecule is CC(C)CN(c1ccc(Oc2nc3cnccc3c(=O)[nH]2)cc1)c1ccc(C(C)C)cc1. The molecular weight excluding hydrogens is 400 g/mol. The second kappa shape index (κ2) is 9.22. The highest BCUT2D eigenvalue weighted by molar-refractivity contribution is 5.76. The molecule has 1 N–H and O–H groups in total.